The molecule has 8 nitrogen and oxygen atoms in total. The number of hydrogen-bond donors (Lipinski definition) is 4. The number of carbonyl (C=O) groups is 1. The van der Waals surface area contributed by atoms with Gasteiger partial charge in [0.1, 0.15) is 12.4 Å². The predicted octanol–water partition coefficient (Wildman–Crippen LogP) is 5.22. The number of benzene rings is 3. The number of anilines is 1. The number of aliphatic hydroxyl groups excluding tert-OH is 1. The molecule has 0 bridgehead atoms. The monoisotopic (exact) mass is 568 g/mol. The van der Waals surface area contributed by atoms with Gasteiger partial charge in [0, 0.05) is 28.4 Å². The standard InChI is InChI=1S/C29H32N2O6S2/c1-3-23(29(33)34)27-24-13-12-22(17-26(24)38-28(27)19-8-5-4-6-9-19)37-15-14-30-18-25(32)20-10-7-11-21(16-20)31-39(2,35)36/h4-13,16-17,23,25,30-32H,3,14-15,18H2,1-2H3,(H,33,34)/t23?,25-/m0/s1. The molecule has 39 heavy (non-hydrogen) atoms. The molecular weight excluding hydrogens is 536 g/mol. The van der Waals surface area contributed by atoms with Crippen LogP contribution >= 0.6 is 11.3 Å². The summed E-state index contributed by atoms with van der Waals surface area (Å²) in [5, 5.41) is 24.5. The Morgan fingerprint density at radius 2 is 1.82 bits per heavy atom. The summed E-state index contributed by atoms with van der Waals surface area (Å²) in [6.45, 7) is 3.01. The van der Waals surface area contributed by atoms with E-state index in [0.29, 0.717) is 36.6 Å². The second kappa shape index (κ2) is 12.6. The molecule has 1 unspecified atom stereocenters. The number of thiophene rings is 1. The van der Waals surface area contributed by atoms with Crippen LogP contribution in [0.15, 0.2) is 72.8 Å². The number of carboxylic acids is 1. The van der Waals surface area contributed by atoms with E-state index in [4.69, 9.17) is 4.74 Å². The fourth-order valence-corrected chi connectivity index (χ4v) is 6.31. The minimum absolute atomic E-state index is 0.271. The van der Waals surface area contributed by atoms with Gasteiger partial charge in [0.25, 0.3) is 0 Å². The average Bonchev–Trinajstić information content (AvgIpc) is 3.27. The van der Waals surface area contributed by atoms with Crippen LogP contribution in [-0.4, -0.2) is 50.6 Å². The third-order valence-corrected chi connectivity index (χ3v) is 8.07. The normalized spacial score (nSPS) is 13.2. The maximum absolute atomic E-state index is 12.1. The van der Waals surface area contributed by atoms with E-state index in [1.54, 1.807) is 35.6 Å². The van der Waals surface area contributed by atoms with Crippen LogP contribution in [0.1, 0.15) is 36.5 Å². The lowest BCUT2D eigenvalue weighted by Crippen LogP contribution is -2.26. The Kier molecular flexibility index (Phi) is 9.24. The van der Waals surface area contributed by atoms with Crippen LogP contribution in [0, 0.1) is 0 Å². The van der Waals surface area contributed by atoms with E-state index >= 15 is 0 Å². The number of aliphatic hydroxyl groups is 1. The molecule has 3 aromatic carbocycles. The summed E-state index contributed by atoms with van der Waals surface area (Å²) in [6, 6.07) is 22.2. The van der Waals surface area contributed by atoms with Crippen LogP contribution in [0.3, 0.4) is 0 Å². The van der Waals surface area contributed by atoms with E-state index in [-0.39, 0.29) is 6.54 Å². The second-order valence-electron chi connectivity index (χ2n) is 9.24. The Hall–Kier alpha value is -3.44. The summed E-state index contributed by atoms with van der Waals surface area (Å²) in [6.07, 6.45) is 0.756. The summed E-state index contributed by atoms with van der Waals surface area (Å²) in [5.41, 5.74) is 2.83. The average molecular weight is 569 g/mol. The lowest BCUT2D eigenvalue weighted by Gasteiger charge is -2.14. The third-order valence-electron chi connectivity index (χ3n) is 6.25. The van der Waals surface area contributed by atoms with E-state index in [1.165, 1.54) is 0 Å². The van der Waals surface area contributed by atoms with E-state index < -0.39 is 28.0 Å². The number of ether oxygens (including phenoxy) is 1. The molecule has 0 fully saturated rings. The van der Waals surface area contributed by atoms with Crippen molar-refractivity contribution < 1.29 is 28.2 Å². The molecule has 0 aliphatic heterocycles. The molecule has 0 radical (unpaired) electrons. The molecule has 10 heteroatoms. The maximum Gasteiger partial charge on any atom is 0.311 e. The van der Waals surface area contributed by atoms with Gasteiger partial charge in [0.05, 0.1) is 18.3 Å². The fourth-order valence-electron chi connectivity index (χ4n) is 4.46. The van der Waals surface area contributed by atoms with Gasteiger partial charge in [-0.05, 0) is 58.8 Å². The molecule has 2 atom stereocenters. The first-order valence-electron chi connectivity index (χ1n) is 12.6. The van der Waals surface area contributed by atoms with Gasteiger partial charge in [-0.15, -0.1) is 11.3 Å². The number of rotatable bonds is 13. The van der Waals surface area contributed by atoms with Crippen molar-refractivity contribution in [2.45, 2.75) is 25.4 Å². The number of nitrogens with one attached hydrogen (secondary N) is 2. The first-order chi connectivity index (χ1) is 18.7. The van der Waals surface area contributed by atoms with Crippen molar-refractivity contribution in [2.75, 3.05) is 30.7 Å². The summed E-state index contributed by atoms with van der Waals surface area (Å²) in [7, 11) is -3.40. The molecule has 0 spiro atoms. The summed E-state index contributed by atoms with van der Waals surface area (Å²) in [5.74, 6) is -0.749. The van der Waals surface area contributed by atoms with Gasteiger partial charge in [0.2, 0.25) is 10.0 Å². The van der Waals surface area contributed by atoms with Gasteiger partial charge in [-0.3, -0.25) is 9.52 Å². The van der Waals surface area contributed by atoms with Crippen molar-refractivity contribution in [1.82, 2.24) is 5.32 Å². The Bertz CT molecular complexity index is 1540. The largest absolute Gasteiger partial charge is 0.492 e. The van der Waals surface area contributed by atoms with Gasteiger partial charge >= 0.3 is 5.97 Å². The number of carboxylic acid groups (broad SMARTS) is 1. The Morgan fingerprint density at radius 3 is 2.51 bits per heavy atom. The Labute approximate surface area is 232 Å². The highest BCUT2D eigenvalue weighted by molar-refractivity contribution is 7.92. The van der Waals surface area contributed by atoms with Crippen LogP contribution in [0.25, 0.3) is 20.5 Å². The van der Waals surface area contributed by atoms with Crippen LogP contribution in [0.2, 0.25) is 0 Å². The lowest BCUT2D eigenvalue weighted by molar-refractivity contribution is -0.138. The molecule has 4 rings (SSSR count). The molecule has 0 aliphatic rings. The molecule has 0 amide bonds. The van der Waals surface area contributed by atoms with Crippen LogP contribution < -0.4 is 14.8 Å². The van der Waals surface area contributed by atoms with E-state index in [2.05, 4.69) is 10.0 Å². The fraction of sp³-hybridized carbons (Fsp3) is 0.276. The molecule has 1 aromatic heterocycles. The van der Waals surface area contributed by atoms with Crippen LogP contribution in [0.5, 0.6) is 5.75 Å². The maximum atomic E-state index is 12.1. The van der Waals surface area contributed by atoms with Gasteiger partial charge in [-0.2, -0.15) is 0 Å². The van der Waals surface area contributed by atoms with Crippen molar-refractivity contribution in [1.29, 1.82) is 0 Å². The first-order valence-corrected chi connectivity index (χ1v) is 15.3. The summed E-state index contributed by atoms with van der Waals surface area (Å²) in [4.78, 5) is 13.0. The van der Waals surface area contributed by atoms with Crippen molar-refractivity contribution in [3.63, 3.8) is 0 Å². The van der Waals surface area contributed by atoms with Crippen molar-refractivity contribution in [3.05, 3.63) is 83.9 Å². The zero-order valence-corrected chi connectivity index (χ0v) is 23.4. The van der Waals surface area contributed by atoms with Crippen molar-refractivity contribution >= 4 is 43.1 Å². The Balaban J connectivity index is 1.40. The number of hydrogen-bond acceptors (Lipinski definition) is 7. The molecule has 4 N–H and O–H groups in total. The quantitative estimate of drug-likeness (QED) is 0.163. The number of fused-ring (bicyclic) bond motifs is 1. The summed E-state index contributed by atoms with van der Waals surface area (Å²) < 4.78 is 32.2. The van der Waals surface area contributed by atoms with Crippen molar-refractivity contribution in [3.8, 4) is 16.2 Å². The Morgan fingerprint density at radius 1 is 1.05 bits per heavy atom. The number of aliphatic carboxylic acids is 1. The van der Waals surface area contributed by atoms with E-state index in [9.17, 15) is 23.4 Å². The predicted molar refractivity (Wildman–Crippen MR) is 156 cm³/mol. The smallest absolute Gasteiger partial charge is 0.311 e. The van der Waals surface area contributed by atoms with Crippen LogP contribution in [-0.2, 0) is 14.8 Å². The minimum Gasteiger partial charge on any atom is -0.492 e. The second-order valence-corrected chi connectivity index (χ2v) is 12.0. The third kappa shape index (κ3) is 7.36. The molecule has 206 valence electrons. The zero-order chi connectivity index (χ0) is 28.0. The lowest BCUT2D eigenvalue weighted by atomic mass is 9.92. The molecule has 4 aromatic rings. The van der Waals surface area contributed by atoms with Gasteiger partial charge in [0.15, 0.2) is 0 Å². The van der Waals surface area contributed by atoms with Crippen molar-refractivity contribution in [2.24, 2.45) is 0 Å². The van der Waals surface area contributed by atoms with E-state index in [1.807, 2.05) is 55.5 Å². The minimum atomic E-state index is -3.40. The molecule has 0 saturated heterocycles. The van der Waals surface area contributed by atoms with Gasteiger partial charge < -0.3 is 20.3 Å². The first kappa shape index (κ1) is 28.6. The number of sulfonamides is 1. The van der Waals surface area contributed by atoms with Crippen LogP contribution in [0.4, 0.5) is 5.69 Å². The zero-order valence-electron chi connectivity index (χ0n) is 21.8. The molecule has 1 heterocycles. The highest BCUT2D eigenvalue weighted by Crippen LogP contribution is 2.44. The topological polar surface area (TPSA) is 125 Å². The van der Waals surface area contributed by atoms with Gasteiger partial charge in [-0.25, -0.2) is 8.42 Å². The molecule has 0 saturated carbocycles. The highest BCUT2D eigenvalue weighted by atomic mass is 32.2. The van der Waals surface area contributed by atoms with E-state index in [0.717, 1.165) is 32.3 Å². The summed E-state index contributed by atoms with van der Waals surface area (Å²) >= 11 is 1.57. The SMILES string of the molecule is CCC(C(=O)O)c1c(-c2ccccc2)sc2cc(OCCNC[C@H](O)c3cccc(NS(C)(=O)=O)c3)ccc12. The van der Waals surface area contributed by atoms with Gasteiger partial charge in [-0.1, -0.05) is 49.4 Å². The highest BCUT2D eigenvalue weighted by Gasteiger charge is 2.26. The molecular formula is C29H32N2O6S2. The molecule has 0 aliphatic carbocycles.